The molecule has 0 radical (unpaired) electrons. The smallest absolute Gasteiger partial charge is 0.202 e. The van der Waals surface area contributed by atoms with E-state index >= 15 is 0 Å². The van der Waals surface area contributed by atoms with Gasteiger partial charge in [-0.05, 0) is 62.1 Å². The number of rotatable bonds is 6. The van der Waals surface area contributed by atoms with Gasteiger partial charge in [0, 0.05) is 0 Å². The Hall–Kier alpha value is -1.70. The van der Waals surface area contributed by atoms with Gasteiger partial charge in [0.15, 0.2) is 11.9 Å². The first-order chi connectivity index (χ1) is 11.5. The summed E-state index contributed by atoms with van der Waals surface area (Å²) in [5.74, 6) is -1.36. The monoisotopic (exact) mass is 382 g/mol. The third-order valence-corrected chi connectivity index (χ3v) is 7.01. The minimum atomic E-state index is -3.72. The zero-order valence-electron chi connectivity index (χ0n) is 14.7. The van der Waals surface area contributed by atoms with Crippen molar-refractivity contribution in [3.8, 4) is 0 Å². The minimum Gasteiger partial charge on any atom is -0.349 e. The third-order valence-electron chi connectivity index (χ3n) is 3.83. The van der Waals surface area contributed by atoms with E-state index in [1.54, 1.807) is 52.0 Å². The van der Waals surface area contributed by atoms with Crippen molar-refractivity contribution < 1.29 is 21.6 Å². The zero-order valence-corrected chi connectivity index (χ0v) is 16.4. The molecule has 0 aliphatic carbocycles. The molecule has 7 heteroatoms. The molecule has 0 fully saturated rings. The van der Waals surface area contributed by atoms with Gasteiger partial charge in [-0.1, -0.05) is 24.3 Å². The standard InChI is InChI=1S/C18H22O5S2/c1-13-5-7-15(3)17(9-13)24(19,20)11-23-12-25(21,22)18-10-14(2)6-8-16(18)4/h5-10H,11-12H2,1-4H3. The van der Waals surface area contributed by atoms with E-state index in [1.807, 2.05) is 12.1 Å². The Morgan fingerprint density at radius 1 is 0.680 bits per heavy atom. The van der Waals surface area contributed by atoms with Crippen molar-refractivity contribution in [2.75, 3.05) is 11.9 Å². The minimum absolute atomic E-state index is 0.164. The molecule has 5 nitrogen and oxygen atoms in total. The van der Waals surface area contributed by atoms with E-state index in [0.29, 0.717) is 11.1 Å². The predicted molar refractivity (Wildman–Crippen MR) is 97.0 cm³/mol. The molecule has 0 N–H and O–H groups in total. The Morgan fingerprint density at radius 3 is 1.40 bits per heavy atom. The Balaban J connectivity index is 2.16. The lowest BCUT2D eigenvalue weighted by atomic mass is 10.2. The van der Waals surface area contributed by atoms with Crippen molar-refractivity contribution in [1.29, 1.82) is 0 Å². The van der Waals surface area contributed by atoms with Crippen molar-refractivity contribution in [3.63, 3.8) is 0 Å². The van der Waals surface area contributed by atoms with E-state index in [-0.39, 0.29) is 9.79 Å². The molecule has 0 aromatic heterocycles. The molecule has 0 spiro atoms. The van der Waals surface area contributed by atoms with Gasteiger partial charge in [-0.2, -0.15) is 0 Å². The first-order valence-electron chi connectivity index (χ1n) is 7.71. The van der Waals surface area contributed by atoms with Gasteiger partial charge in [0.1, 0.15) is 0 Å². The highest BCUT2D eigenvalue weighted by Crippen LogP contribution is 2.21. The summed E-state index contributed by atoms with van der Waals surface area (Å²) < 4.78 is 54.8. The van der Waals surface area contributed by atoms with Crippen molar-refractivity contribution in [2.45, 2.75) is 37.5 Å². The average Bonchev–Trinajstić information content (AvgIpc) is 2.51. The fourth-order valence-corrected chi connectivity index (χ4v) is 5.28. The van der Waals surface area contributed by atoms with Gasteiger partial charge in [-0.25, -0.2) is 16.8 Å². The normalized spacial score (nSPS) is 12.3. The maximum Gasteiger partial charge on any atom is 0.202 e. The Labute approximate surface area is 149 Å². The summed E-state index contributed by atoms with van der Waals surface area (Å²) in [6, 6.07) is 10.2. The van der Waals surface area contributed by atoms with Crippen molar-refractivity contribution >= 4 is 19.7 Å². The predicted octanol–water partition coefficient (Wildman–Crippen LogP) is 3.10. The Kier molecular flexibility index (Phi) is 5.71. The van der Waals surface area contributed by atoms with Crippen LogP contribution in [0.5, 0.6) is 0 Å². The van der Waals surface area contributed by atoms with Gasteiger partial charge >= 0.3 is 0 Å². The van der Waals surface area contributed by atoms with Crippen LogP contribution in [0.1, 0.15) is 22.3 Å². The lowest BCUT2D eigenvalue weighted by Gasteiger charge is -2.11. The third kappa shape index (κ3) is 4.68. The summed E-state index contributed by atoms with van der Waals surface area (Å²) in [6.07, 6.45) is 0. The maximum absolute atomic E-state index is 12.4. The van der Waals surface area contributed by atoms with E-state index < -0.39 is 31.6 Å². The SMILES string of the molecule is Cc1ccc(C)c(S(=O)(=O)COCS(=O)(=O)c2cc(C)ccc2C)c1. The number of ether oxygens (including phenoxy) is 1. The number of aryl methyl sites for hydroxylation is 4. The van der Waals surface area contributed by atoms with Crippen LogP contribution in [0.3, 0.4) is 0 Å². The molecule has 0 amide bonds. The first-order valence-corrected chi connectivity index (χ1v) is 11.0. The highest BCUT2D eigenvalue weighted by molar-refractivity contribution is 7.92. The number of hydrogen-bond donors (Lipinski definition) is 0. The first kappa shape index (κ1) is 19.6. The van der Waals surface area contributed by atoms with Gasteiger partial charge in [-0.3, -0.25) is 0 Å². The molecule has 2 aromatic rings. The van der Waals surface area contributed by atoms with Crippen molar-refractivity contribution in [3.05, 3.63) is 58.7 Å². The topological polar surface area (TPSA) is 77.5 Å². The van der Waals surface area contributed by atoms with Crippen LogP contribution in [-0.4, -0.2) is 28.7 Å². The van der Waals surface area contributed by atoms with Crippen molar-refractivity contribution in [2.24, 2.45) is 0 Å². The molecule has 0 atom stereocenters. The van der Waals surface area contributed by atoms with Crippen LogP contribution in [0.2, 0.25) is 0 Å². The van der Waals surface area contributed by atoms with Crippen LogP contribution in [-0.2, 0) is 24.4 Å². The number of hydrogen-bond acceptors (Lipinski definition) is 5. The molecule has 0 heterocycles. The highest BCUT2D eigenvalue weighted by atomic mass is 32.2. The molecule has 2 rings (SSSR count). The molecule has 0 saturated carbocycles. The molecule has 0 aliphatic rings. The number of benzene rings is 2. The van der Waals surface area contributed by atoms with Crippen LogP contribution in [0, 0.1) is 27.7 Å². The van der Waals surface area contributed by atoms with Gasteiger partial charge in [0.2, 0.25) is 19.7 Å². The van der Waals surface area contributed by atoms with E-state index in [9.17, 15) is 16.8 Å². The highest BCUT2D eigenvalue weighted by Gasteiger charge is 2.22. The fraction of sp³-hybridized carbons (Fsp3) is 0.333. The summed E-state index contributed by atoms with van der Waals surface area (Å²) in [5.41, 5.74) is 2.83. The summed E-state index contributed by atoms with van der Waals surface area (Å²) in [4.78, 5) is 0.327. The zero-order chi connectivity index (χ0) is 18.8. The molecule has 0 bridgehead atoms. The maximum atomic E-state index is 12.4. The average molecular weight is 383 g/mol. The molecular weight excluding hydrogens is 360 g/mol. The van der Waals surface area contributed by atoms with Crippen LogP contribution in [0.15, 0.2) is 46.2 Å². The molecule has 0 saturated heterocycles. The largest absolute Gasteiger partial charge is 0.349 e. The van der Waals surface area contributed by atoms with E-state index in [4.69, 9.17) is 4.74 Å². The number of sulfone groups is 2. The molecular formula is C18H22O5S2. The second kappa shape index (κ2) is 7.27. The van der Waals surface area contributed by atoms with Crippen LogP contribution >= 0.6 is 0 Å². The molecule has 0 unspecified atom stereocenters. The van der Waals surface area contributed by atoms with Crippen LogP contribution in [0.4, 0.5) is 0 Å². The quantitative estimate of drug-likeness (QED) is 0.767. The van der Waals surface area contributed by atoms with E-state index in [2.05, 4.69) is 0 Å². The lowest BCUT2D eigenvalue weighted by molar-refractivity contribution is 0.224. The summed E-state index contributed by atoms with van der Waals surface area (Å²) in [6.45, 7) is 6.98. The second-order valence-corrected chi connectivity index (χ2v) is 10.0. The fourth-order valence-electron chi connectivity index (χ4n) is 2.47. The molecule has 136 valence electrons. The summed E-state index contributed by atoms with van der Waals surface area (Å²) in [7, 11) is -7.45. The molecule has 0 aliphatic heterocycles. The van der Waals surface area contributed by atoms with Gasteiger partial charge in [0.25, 0.3) is 0 Å². The van der Waals surface area contributed by atoms with Gasteiger partial charge < -0.3 is 4.74 Å². The van der Waals surface area contributed by atoms with Gasteiger partial charge in [-0.15, -0.1) is 0 Å². The molecule has 25 heavy (non-hydrogen) atoms. The van der Waals surface area contributed by atoms with Gasteiger partial charge in [0.05, 0.1) is 9.79 Å². The Bertz CT molecular complexity index is 909. The van der Waals surface area contributed by atoms with Crippen molar-refractivity contribution in [1.82, 2.24) is 0 Å². The summed E-state index contributed by atoms with van der Waals surface area (Å²) in [5, 5.41) is 0. The summed E-state index contributed by atoms with van der Waals surface area (Å²) >= 11 is 0. The van der Waals surface area contributed by atoms with E-state index in [1.165, 1.54) is 0 Å². The van der Waals surface area contributed by atoms with E-state index in [0.717, 1.165) is 11.1 Å². The second-order valence-electron chi connectivity index (χ2n) is 6.21. The van der Waals surface area contributed by atoms with Crippen LogP contribution < -0.4 is 0 Å². The molecule has 2 aromatic carbocycles. The van der Waals surface area contributed by atoms with Crippen LogP contribution in [0.25, 0.3) is 0 Å². The Morgan fingerprint density at radius 2 is 1.04 bits per heavy atom. The lowest BCUT2D eigenvalue weighted by Crippen LogP contribution is -2.17.